The molecule has 1 saturated heterocycles. The van der Waals surface area contributed by atoms with Gasteiger partial charge < -0.3 is 19.1 Å². The van der Waals surface area contributed by atoms with E-state index in [2.05, 4.69) is 10.1 Å². The molecular weight excluding hydrogens is 276 g/mol. The lowest BCUT2D eigenvalue weighted by molar-refractivity contribution is -0.150. The standard InChI is InChI=1S/C14H22N2O5/c1-4-14(5-2,19-6-3)13-15-11(21-16-13)9-7-8-10(20-9)12(17)18/h9-10H,4-8H2,1-3H3,(H,17,18). The first-order chi connectivity index (χ1) is 10.1. The van der Waals surface area contributed by atoms with Gasteiger partial charge in [0.05, 0.1) is 0 Å². The lowest BCUT2D eigenvalue weighted by atomic mass is 9.96. The normalized spacial score (nSPS) is 22.6. The number of aliphatic carboxylic acids is 1. The minimum Gasteiger partial charge on any atom is -0.479 e. The Hall–Kier alpha value is -1.47. The van der Waals surface area contributed by atoms with Crippen LogP contribution in [0.15, 0.2) is 4.52 Å². The minimum atomic E-state index is -0.956. The van der Waals surface area contributed by atoms with Crippen molar-refractivity contribution >= 4 is 5.97 Å². The molecule has 118 valence electrons. The molecule has 2 atom stereocenters. The minimum absolute atomic E-state index is 0.333. The Bertz CT molecular complexity index is 483. The molecule has 1 aromatic rings. The van der Waals surface area contributed by atoms with Gasteiger partial charge in [-0.3, -0.25) is 0 Å². The highest BCUT2D eigenvalue weighted by Crippen LogP contribution is 2.35. The first kappa shape index (κ1) is 15.9. The second-order valence-electron chi connectivity index (χ2n) is 5.12. The fourth-order valence-corrected chi connectivity index (χ4v) is 2.66. The van der Waals surface area contributed by atoms with Crippen LogP contribution in [0, 0.1) is 0 Å². The van der Waals surface area contributed by atoms with E-state index >= 15 is 0 Å². The fraction of sp³-hybridized carbons (Fsp3) is 0.786. The molecule has 2 unspecified atom stereocenters. The number of rotatable bonds is 7. The van der Waals surface area contributed by atoms with Crippen LogP contribution in [0.4, 0.5) is 0 Å². The van der Waals surface area contributed by atoms with Crippen LogP contribution in [-0.4, -0.2) is 33.9 Å². The van der Waals surface area contributed by atoms with Crippen LogP contribution in [0.5, 0.6) is 0 Å². The number of nitrogens with zero attached hydrogens (tertiary/aromatic N) is 2. The van der Waals surface area contributed by atoms with Crippen LogP contribution < -0.4 is 0 Å². The zero-order chi connectivity index (χ0) is 15.5. The summed E-state index contributed by atoms with van der Waals surface area (Å²) in [6.45, 7) is 6.52. The van der Waals surface area contributed by atoms with Crippen molar-refractivity contribution in [1.29, 1.82) is 0 Å². The topological polar surface area (TPSA) is 94.7 Å². The van der Waals surface area contributed by atoms with Gasteiger partial charge in [0.25, 0.3) is 5.89 Å². The highest BCUT2D eigenvalue weighted by molar-refractivity contribution is 5.72. The summed E-state index contributed by atoms with van der Waals surface area (Å²) < 4.78 is 16.5. The Morgan fingerprint density at radius 1 is 1.38 bits per heavy atom. The Labute approximate surface area is 123 Å². The SMILES string of the molecule is CCOC(CC)(CC)c1noc(C2CCC(C(=O)O)O2)n1. The van der Waals surface area contributed by atoms with Gasteiger partial charge in [-0.05, 0) is 32.6 Å². The van der Waals surface area contributed by atoms with Crippen LogP contribution in [-0.2, 0) is 19.9 Å². The summed E-state index contributed by atoms with van der Waals surface area (Å²) in [5, 5.41) is 13.0. The third-order valence-corrected chi connectivity index (χ3v) is 3.98. The second kappa shape index (κ2) is 6.53. The molecule has 7 nitrogen and oxygen atoms in total. The highest BCUT2D eigenvalue weighted by atomic mass is 16.6. The van der Waals surface area contributed by atoms with Crippen molar-refractivity contribution in [3.63, 3.8) is 0 Å². The number of carboxylic acid groups (broad SMARTS) is 1. The zero-order valence-electron chi connectivity index (χ0n) is 12.7. The van der Waals surface area contributed by atoms with Crippen molar-refractivity contribution in [2.75, 3.05) is 6.61 Å². The zero-order valence-corrected chi connectivity index (χ0v) is 12.7. The number of aromatic nitrogens is 2. The van der Waals surface area contributed by atoms with Gasteiger partial charge in [0.1, 0.15) is 11.7 Å². The van der Waals surface area contributed by atoms with Crippen LogP contribution in [0.1, 0.15) is 64.3 Å². The van der Waals surface area contributed by atoms with Gasteiger partial charge in [-0.15, -0.1) is 0 Å². The lowest BCUT2D eigenvalue weighted by Gasteiger charge is -2.27. The number of hydrogen-bond acceptors (Lipinski definition) is 6. The van der Waals surface area contributed by atoms with E-state index in [9.17, 15) is 4.79 Å². The molecule has 0 radical (unpaired) electrons. The van der Waals surface area contributed by atoms with Crippen molar-refractivity contribution in [3.8, 4) is 0 Å². The summed E-state index contributed by atoms with van der Waals surface area (Å²) in [6, 6.07) is 0. The molecule has 0 aromatic carbocycles. The smallest absolute Gasteiger partial charge is 0.332 e. The quantitative estimate of drug-likeness (QED) is 0.826. The molecule has 0 bridgehead atoms. The molecule has 1 aliphatic rings. The maximum Gasteiger partial charge on any atom is 0.332 e. The third kappa shape index (κ3) is 3.08. The summed E-state index contributed by atoms with van der Waals surface area (Å²) >= 11 is 0. The molecule has 0 saturated carbocycles. The first-order valence-corrected chi connectivity index (χ1v) is 7.42. The molecule has 7 heteroatoms. The Kier molecular flexibility index (Phi) is 4.95. The molecule has 1 aromatic heterocycles. The Morgan fingerprint density at radius 3 is 2.62 bits per heavy atom. The Morgan fingerprint density at radius 2 is 2.10 bits per heavy atom. The summed E-state index contributed by atoms with van der Waals surface area (Å²) in [4.78, 5) is 15.3. The molecule has 2 rings (SSSR count). The van der Waals surface area contributed by atoms with Crippen LogP contribution >= 0.6 is 0 Å². The van der Waals surface area contributed by atoms with Crippen molar-refractivity contribution in [2.45, 2.75) is 64.3 Å². The fourth-order valence-electron chi connectivity index (χ4n) is 2.66. The number of hydrogen-bond donors (Lipinski definition) is 1. The van der Waals surface area contributed by atoms with Gasteiger partial charge in [-0.2, -0.15) is 4.98 Å². The first-order valence-electron chi connectivity index (χ1n) is 7.42. The average molecular weight is 298 g/mol. The van der Waals surface area contributed by atoms with Crippen LogP contribution in [0.25, 0.3) is 0 Å². The van der Waals surface area contributed by atoms with E-state index in [0.717, 1.165) is 12.8 Å². The lowest BCUT2D eigenvalue weighted by Crippen LogP contribution is -2.29. The molecule has 1 aliphatic heterocycles. The molecular formula is C14H22N2O5. The molecule has 0 aliphatic carbocycles. The molecule has 21 heavy (non-hydrogen) atoms. The van der Waals surface area contributed by atoms with Gasteiger partial charge in [-0.25, -0.2) is 4.79 Å². The van der Waals surface area contributed by atoms with Gasteiger partial charge in [0.2, 0.25) is 5.82 Å². The van der Waals surface area contributed by atoms with Gasteiger partial charge >= 0.3 is 5.97 Å². The average Bonchev–Trinajstić information content (AvgIpc) is 3.13. The van der Waals surface area contributed by atoms with Gasteiger partial charge in [0, 0.05) is 6.61 Å². The summed E-state index contributed by atoms with van der Waals surface area (Å²) in [7, 11) is 0. The Balaban J connectivity index is 2.16. The van der Waals surface area contributed by atoms with E-state index in [4.69, 9.17) is 19.1 Å². The largest absolute Gasteiger partial charge is 0.479 e. The summed E-state index contributed by atoms with van der Waals surface area (Å²) in [6.07, 6.45) is 1.26. The van der Waals surface area contributed by atoms with Crippen molar-refractivity contribution in [1.82, 2.24) is 10.1 Å². The van der Waals surface area contributed by atoms with E-state index in [0.29, 0.717) is 31.2 Å². The monoisotopic (exact) mass is 298 g/mol. The van der Waals surface area contributed by atoms with Crippen molar-refractivity contribution in [2.24, 2.45) is 0 Å². The second-order valence-corrected chi connectivity index (χ2v) is 5.12. The summed E-state index contributed by atoms with van der Waals surface area (Å²) in [5.74, 6) is -0.116. The number of carboxylic acids is 1. The van der Waals surface area contributed by atoms with Gasteiger partial charge in [0.15, 0.2) is 6.10 Å². The maximum atomic E-state index is 10.9. The van der Waals surface area contributed by atoms with Gasteiger partial charge in [-0.1, -0.05) is 19.0 Å². The van der Waals surface area contributed by atoms with Crippen molar-refractivity contribution in [3.05, 3.63) is 11.7 Å². The highest BCUT2D eigenvalue weighted by Gasteiger charge is 2.38. The molecule has 2 heterocycles. The van der Waals surface area contributed by atoms with Crippen LogP contribution in [0.3, 0.4) is 0 Å². The van der Waals surface area contributed by atoms with E-state index < -0.39 is 23.8 Å². The molecule has 0 spiro atoms. The van der Waals surface area contributed by atoms with E-state index in [1.807, 2.05) is 20.8 Å². The van der Waals surface area contributed by atoms with E-state index in [-0.39, 0.29) is 0 Å². The predicted octanol–water partition coefficient (Wildman–Crippen LogP) is 2.43. The molecule has 0 amide bonds. The maximum absolute atomic E-state index is 10.9. The van der Waals surface area contributed by atoms with E-state index in [1.54, 1.807) is 0 Å². The summed E-state index contributed by atoms with van der Waals surface area (Å²) in [5.41, 5.74) is -0.554. The third-order valence-electron chi connectivity index (χ3n) is 3.98. The molecule has 1 N–H and O–H groups in total. The predicted molar refractivity (Wildman–Crippen MR) is 72.7 cm³/mol. The molecule has 1 fully saturated rings. The van der Waals surface area contributed by atoms with Crippen LogP contribution in [0.2, 0.25) is 0 Å². The number of ether oxygens (including phenoxy) is 2. The van der Waals surface area contributed by atoms with Crippen molar-refractivity contribution < 1.29 is 23.9 Å². The number of carbonyl (C=O) groups is 1. The van der Waals surface area contributed by atoms with E-state index in [1.165, 1.54) is 0 Å².